The maximum absolute atomic E-state index is 12.9. The van der Waals surface area contributed by atoms with Crippen LogP contribution in [0.2, 0.25) is 0 Å². The molecule has 1 aliphatic heterocycles. The number of anilines is 1. The lowest BCUT2D eigenvalue weighted by Gasteiger charge is -2.28. The van der Waals surface area contributed by atoms with Crippen LogP contribution in [0.25, 0.3) is 32.2 Å². The lowest BCUT2D eigenvalue weighted by Crippen LogP contribution is -2.27. The number of pyridine rings is 1. The Kier molecular flexibility index (Phi) is 6.00. The van der Waals surface area contributed by atoms with E-state index in [2.05, 4.69) is 5.18 Å². The summed E-state index contributed by atoms with van der Waals surface area (Å²) in [6.07, 6.45) is 1.43. The van der Waals surface area contributed by atoms with E-state index in [-0.39, 0.29) is 0 Å². The van der Waals surface area contributed by atoms with E-state index in [0.717, 1.165) is 55.1 Å². The number of aromatic nitrogens is 2. The van der Waals surface area contributed by atoms with Crippen LogP contribution in [-0.2, 0) is 16.0 Å². The van der Waals surface area contributed by atoms with Crippen molar-refractivity contribution in [2.75, 3.05) is 25.6 Å². The lowest BCUT2D eigenvalue weighted by molar-refractivity contribution is -0.139. The summed E-state index contributed by atoms with van der Waals surface area (Å²) in [5.41, 5.74) is 5.06. The Morgan fingerprint density at radius 1 is 1.25 bits per heavy atom. The van der Waals surface area contributed by atoms with Crippen LogP contribution in [0.4, 0.5) is 5.13 Å². The van der Waals surface area contributed by atoms with Crippen LogP contribution in [0, 0.1) is 11.8 Å². The van der Waals surface area contributed by atoms with Crippen molar-refractivity contribution >= 4 is 43.5 Å². The van der Waals surface area contributed by atoms with Crippen LogP contribution < -0.4 is 9.64 Å². The lowest BCUT2D eigenvalue weighted by atomic mass is 9.88. The highest BCUT2D eigenvalue weighted by atomic mass is 32.1. The number of carbonyl (C=O) groups is 1. The second-order valence-corrected chi connectivity index (χ2v) is 11.1. The highest BCUT2D eigenvalue weighted by Crippen LogP contribution is 2.47. The van der Waals surface area contributed by atoms with E-state index in [1.54, 1.807) is 0 Å². The molecular weight excluding hydrogens is 476 g/mol. The van der Waals surface area contributed by atoms with E-state index in [0.29, 0.717) is 12.2 Å². The summed E-state index contributed by atoms with van der Waals surface area (Å²) in [4.78, 5) is 36.0. The molecule has 2 aromatic carbocycles. The standard InChI is InChI=1S/C27H28N4O4S/c1-14-13-17-24(36-26(29-17)31(5)6)21(19(14)23(25(32)30-33)35-27(2,3)4)16-7-8-18-20-15(10-12-34-18)9-11-28-22(16)20/h7-9,11,13,23H,10,12H2,1-6H3/t23-/m0/s1. The molecule has 0 saturated heterocycles. The summed E-state index contributed by atoms with van der Waals surface area (Å²) in [6.45, 7) is 8.08. The van der Waals surface area contributed by atoms with Crippen molar-refractivity contribution in [3.8, 4) is 16.9 Å². The van der Waals surface area contributed by atoms with Crippen molar-refractivity contribution in [2.45, 2.75) is 45.8 Å². The van der Waals surface area contributed by atoms with E-state index < -0.39 is 17.6 Å². The van der Waals surface area contributed by atoms with Gasteiger partial charge in [-0.05, 0) is 63.1 Å². The van der Waals surface area contributed by atoms with Gasteiger partial charge in [0, 0.05) is 54.0 Å². The van der Waals surface area contributed by atoms with Crippen LogP contribution in [0.3, 0.4) is 0 Å². The molecule has 2 aromatic heterocycles. The average molecular weight is 505 g/mol. The Labute approximate surface area is 213 Å². The Bertz CT molecular complexity index is 1510. The molecule has 9 heteroatoms. The van der Waals surface area contributed by atoms with E-state index in [4.69, 9.17) is 19.4 Å². The predicted octanol–water partition coefficient (Wildman–Crippen LogP) is 5.97. The molecule has 0 saturated carbocycles. The fourth-order valence-corrected chi connectivity index (χ4v) is 5.77. The number of hydrogen-bond acceptors (Lipinski definition) is 8. The Hall–Kier alpha value is -3.43. The summed E-state index contributed by atoms with van der Waals surface area (Å²) in [5, 5.41) is 4.58. The molecule has 0 fully saturated rings. The molecule has 3 heterocycles. The SMILES string of the molecule is Cc1cc2nc(N(C)C)sc2c(-c2ccc3c4c(ccnc24)CCO3)c1[C@H](OC(C)(C)C)C(=O)N=O. The predicted molar refractivity (Wildman–Crippen MR) is 143 cm³/mol. The minimum atomic E-state index is -1.17. The first kappa shape index (κ1) is 24.3. The van der Waals surface area contributed by atoms with Crippen molar-refractivity contribution in [2.24, 2.45) is 5.18 Å². The fourth-order valence-electron chi connectivity index (χ4n) is 4.73. The number of nitrogens with zero attached hydrogens (tertiary/aromatic N) is 4. The highest BCUT2D eigenvalue weighted by Gasteiger charge is 2.34. The van der Waals surface area contributed by atoms with Gasteiger partial charge in [0.2, 0.25) is 0 Å². The molecule has 1 amide bonds. The Morgan fingerprint density at radius 2 is 2.03 bits per heavy atom. The third-order valence-corrected chi connectivity index (χ3v) is 7.44. The molecule has 1 aliphatic rings. The van der Waals surface area contributed by atoms with Gasteiger partial charge in [0.25, 0.3) is 0 Å². The molecule has 0 N–H and O–H groups in total. The smallest absolute Gasteiger partial charge is 0.319 e. The van der Waals surface area contributed by atoms with Crippen LogP contribution in [0.1, 0.15) is 43.6 Å². The molecular formula is C27H28N4O4S. The number of nitroso groups, excluding NO2 is 1. The average Bonchev–Trinajstić information content (AvgIpc) is 3.26. The second kappa shape index (κ2) is 8.90. The van der Waals surface area contributed by atoms with Crippen molar-refractivity contribution in [3.63, 3.8) is 0 Å². The maximum Gasteiger partial charge on any atom is 0.319 e. The van der Waals surface area contributed by atoms with Gasteiger partial charge in [-0.3, -0.25) is 9.78 Å². The molecule has 0 bridgehead atoms. The second-order valence-electron chi connectivity index (χ2n) is 10.2. The third-order valence-electron chi connectivity index (χ3n) is 6.19. The number of fused-ring (bicyclic) bond motifs is 1. The number of aryl methyl sites for hydroxylation is 1. The van der Waals surface area contributed by atoms with Gasteiger partial charge in [0.1, 0.15) is 5.75 Å². The van der Waals surface area contributed by atoms with Crippen LogP contribution in [0.5, 0.6) is 5.75 Å². The van der Waals surface area contributed by atoms with E-state index in [1.165, 1.54) is 16.9 Å². The van der Waals surface area contributed by atoms with Crippen molar-refractivity contribution in [3.05, 3.63) is 52.1 Å². The molecule has 186 valence electrons. The van der Waals surface area contributed by atoms with Gasteiger partial charge in [-0.25, -0.2) is 4.98 Å². The van der Waals surface area contributed by atoms with Crippen LogP contribution >= 0.6 is 11.3 Å². The zero-order valence-electron chi connectivity index (χ0n) is 21.2. The summed E-state index contributed by atoms with van der Waals surface area (Å²) >= 11 is 1.52. The summed E-state index contributed by atoms with van der Waals surface area (Å²) in [5.74, 6) is -0.0787. The molecule has 0 unspecified atom stereocenters. The highest BCUT2D eigenvalue weighted by molar-refractivity contribution is 7.22. The topological polar surface area (TPSA) is 94.0 Å². The quantitative estimate of drug-likeness (QED) is 0.309. The third kappa shape index (κ3) is 4.12. The number of hydrogen-bond donors (Lipinski definition) is 0. The molecule has 0 radical (unpaired) electrons. The number of carbonyl (C=O) groups excluding carboxylic acids is 1. The number of amides is 1. The minimum Gasteiger partial charge on any atom is -0.493 e. The largest absolute Gasteiger partial charge is 0.493 e. The first-order valence-electron chi connectivity index (χ1n) is 11.8. The normalized spacial score (nSPS) is 14.1. The summed E-state index contributed by atoms with van der Waals surface area (Å²) < 4.78 is 13.0. The first-order valence-corrected chi connectivity index (χ1v) is 12.6. The van der Waals surface area contributed by atoms with Gasteiger partial charge >= 0.3 is 5.91 Å². The van der Waals surface area contributed by atoms with Gasteiger partial charge in [-0.15, -0.1) is 4.91 Å². The monoisotopic (exact) mass is 504 g/mol. The van der Waals surface area contributed by atoms with Gasteiger partial charge in [0.05, 0.1) is 27.9 Å². The zero-order chi connectivity index (χ0) is 25.8. The van der Waals surface area contributed by atoms with Gasteiger partial charge in [-0.2, -0.15) is 0 Å². The van der Waals surface area contributed by atoms with Crippen molar-refractivity contribution < 1.29 is 14.3 Å². The van der Waals surface area contributed by atoms with Gasteiger partial charge in [0.15, 0.2) is 11.2 Å². The number of ether oxygens (including phenoxy) is 2. The summed E-state index contributed by atoms with van der Waals surface area (Å²) in [7, 11) is 3.88. The van der Waals surface area contributed by atoms with Crippen LogP contribution in [-0.4, -0.2) is 42.2 Å². The Balaban J connectivity index is 1.92. The minimum absolute atomic E-state index is 0.607. The van der Waals surface area contributed by atoms with Crippen molar-refractivity contribution in [1.29, 1.82) is 0 Å². The molecule has 8 nitrogen and oxygen atoms in total. The van der Waals surface area contributed by atoms with Gasteiger partial charge in [-0.1, -0.05) is 11.3 Å². The number of benzene rings is 2. The fraction of sp³-hybridized carbons (Fsp3) is 0.370. The molecule has 0 spiro atoms. The first-order chi connectivity index (χ1) is 17.1. The molecule has 4 aromatic rings. The zero-order valence-corrected chi connectivity index (χ0v) is 22.0. The van der Waals surface area contributed by atoms with E-state index in [9.17, 15) is 9.70 Å². The van der Waals surface area contributed by atoms with E-state index >= 15 is 0 Å². The molecule has 5 rings (SSSR count). The Morgan fingerprint density at radius 3 is 2.72 bits per heavy atom. The van der Waals surface area contributed by atoms with Crippen LogP contribution in [0.15, 0.2) is 35.6 Å². The number of rotatable bonds is 5. The molecule has 1 atom stereocenters. The molecule has 0 aliphatic carbocycles. The number of thiazole rings is 1. The van der Waals surface area contributed by atoms with Crippen molar-refractivity contribution in [1.82, 2.24) is 9.97 Å². The maximum atomic E-state index is 12.9. The van der Waals surface area contributed by atoms with Gasteiger partial charge < -0.3 is 14.4 Å². The van der Waals surface area contributed by atoms with E-state index in [1.807, 2.05) is 77.2 Å². The summed E-state index contributed by atoms with van der Waals surface area (Å²) in [6, 6.07) is 7.89. The molecule has 36 heavy (non-hydrogen) atoms.